The zero-order chi connectivity index (χ0) is 10.6. The summed E-state index contributed by atoms with van der Waals surface area (Å²) >= 11 is 0. The second kappa shape index (κ2) is 5.32. The molecule has 0 aromatic rings. The molecule has 0 aromatic heterocycles. The number of methoxy groups -OCH3 is 1. The van der Waals surface area contributed by atoms with Gasteiger partial charge in [0.15, 0.2) is 0 Å². The van der Waals surface area contributed by atoms with E-state index in [2.05, 4.69) is 0 Å². The molecule has 0 heterocycles. The van der Waals surface area contributed by atoms with Gasteiger partial charge in [0.1, 0.15) is 6.04 Å². The molecule has 0 saturated heterocycles. The van der Waals surface area contributed by atoms with E-state index in [0.717, 1.165) is 25.7 Å². The van der Waals surface area contributed by atoms with Gasteiger partial charge in [0, 0.05) is 7.11 Å². The number of carboxylic acids is 1. The highest BCUT2D eigenvalue weighted by atomic mass is 16.5. The SMILES string of the molecule is COC1CCC(CC(N)C(=O)O)CC1. The van der Waals surface area contributed by atoms with Crippen molar-refractivity contribution in [3.8, 4) is 0 Å². The van der Waals surface area contributed by atoms with Crippen LogP contribution >= 0.6 is 0 Å². The minimum Gasteiger partial charge on any atom is -0.480 e. The zero-order valence-electron chi connectivity index (χ0n) is 8.61. The molecule has 1 saturated carbocycles. The summed E-state index contributed by atoms with van der Waals surface area (Å²) in [4.78, 5) is 10.5. The predicted molar refractivity (Wildman–Crippen MR) is 53.0 cm³/mol. The van der Waals surface area contributed by atoms with E-state index in [4.69, 9.17) is 15.6 Å². The first-order chi connectivity index (χ1) is 6.63. The summed E-state index contributed by atoms with van der Waals surface area (Å²) < 4.78 is 5.24. The number of aliphatic carboxylic acids is 1. The van der Waals surface area contributed by atoms with Gasteiger partial charge in [0.2, 0.25) is 0 Å². The molecule has 14 heavy (non-hydrogen) atoms. The predicted octanol–water partition coefficient (Wildman–Crippen LogP) is 0.994. The van der Waals surface area contributed by atoms with Crippen LogP contribution in [-0.2, 0) is 9.53 Å². The van der Waals surface area contributed by atoms with Crippen molar-refractivity contribution in [1.82, 2.24) is 0 Å². The van der Waals surface area contributed by atoms with Crippen LogP contribution in [0.5, 0.6) is 0 Å². The summed E-state index contributed by atoms with van der Waals surface area (Å²) in [5, 5.41) is 8.66. The van der Waals surface area contributed by atoms with Gasteiger partial charge in [-0.2, -0.15) is 0 Å². The third-order valence-corrected chi connectivity index (χ3v) is 3.03. The number of rotatable bonds is 4. The van der Waals surface area contributed by atoms with E-state index in [0.29, 0.717) is 18.4 Å². The van der Waals surface area contributed by atoms with Gasteiger partial charge in [-0.05, 0) is 38.0 Å². The summed E-state index contributed by atoms with van der Waals surface area (Å²) in [6.45, 7) is 0. The van der Waals surface area contributed by atoms with E-state index in [1.165, 1.54) is 0 Å². The molecule has 4 heteroatoms. The van der Waals surface area contributed by atoms with E-state index >= 15 is 0 Å². The van der Waals surface area contributed by atoms with Gasteiger partial charge in [0.25, 0.3) is 0 Å². The van der Waals surface area contributed by atoms with Crippen LogP contribution in [0.3, 0.4) is 0 Å². The molecule has 1 aliphatic rings. The van der Waals surface area contributed by atoms with Crippen molar-refractivity contribution in [2.24, 2.45) is 11.7 Å². The monoisotopic (exact) mass is 201 g/mol. The molecule has 4 nitrogen and oxygen atoms in total. The van der Waals surface area contributed by atoms with Crippen molar-refractivity contribution < 1.29 is 14.6 Å². The second-order valence-electron chi connectivity index (χ2n) is 4.06. The lowest BCUT2D eigenvalue weighted by Crippen LogP contribution is -2.34. The quantitative estimate of drug-likeness (QED) is 0.711. The zero-order valence-corrected chi connectivity index (χ0v) is 8.61. The van der Waals surface area contributed by atoms with Crippen LogP contribution in [0, 0.1) is 5.92 Å². The lowest BCUT2D eigenvalue weighted by atomic mass is 9.83. The molecule has 1 rings (SSSR count). The summed E-state index contributed by atoms with van der Waals surface area (Å²) in [5.41, 5.74) is 5.48. The lowest BCUT2D eigenvalue weighted by Gasteiger charge is -2.28. The molecule has 0 bridgehead atoms. The molecule has 1 unspecified atom stereocenters. The smallest absolute Gasteiger partial charge is 0.320 e. The molecule has 1 atom stereocenters. The van der Waals surface area contributed by atoms with Crippen LogP contribution in [0.1, 0.15) is 32.1 Å². The fourth-order valence-electron chi connectivity index (χ4n) is 2.06. The van der Waals surface area contributed by atoms with Crippen molar-refractivity contribution in [2.45, 2.75) is 44.2 Å². The maximum absolute atomic E-state index is 10.5. The summed E-state index contributed by atoms with van der Waals surface area (Å²) in [6.07, 6.45) is 5.12. The highest BCUT2D eigenvalue weighted by molar-refractivity contribution is 5.73. The number of hydrogen-bond donors (Lipinski definition) is 2. The fraction of sp³-hybridized carbons (Fsp3) is 0.900. The number of ether oxygens (including phenoxy) is 1. The number of carbonyl (C=O) groups is 1. The Balaban J connectivity index is 2.25. The molecule has 3 N–H and O–H groups in total. The first-order valence-electron chi connectivity index (χ1n) is 5.14. The molecule has 0 aliphatic heterocycles. The first-order valence-corrected chi connectivity index (χ1v) is 5.14. The Morgan fingerprint density at radius 2 is 2.07 bits per heavy atom. The Labute approximate surface area is 84.4 Å². The van der Waals surface area contributed by atoms with Crippen molar-refractivity contribution in [1.29, 1.82) is 0 Å². The van der Waals surface area contributed by atoms with Crippen molar-refractivity contribution in [3.63, 3.8) is 0 Å². The summed E-state index contributed by atoms with van der Waals surface area (Å²) in [6, 6.07) is -0.695. The number of hydrogen-bond acceptors (Lipinski definition) is 3. The summed E-state index contributed by atoms with van der Waals surface area (Å²) in [7, 11) is 1.73. The maximum Gasteiger partial charge on any atom is 0.320 e. The normalized spacial score (nSPS) is 29.9. The van der Waals surface area contributed by atoms with Crippen LogP contribution in [0.15, 0.2) is 0 Å². The van der Waals surface area contributed by atoms with Crippen LogP contribution in [-0.4, -0.2) is 30.3 Å². The minimum atomic E-state index is -0.890. The molecule has 0 aromatic carbocycles. The Bertz CT molecular complexity index is 188. The number of nitrogens with two attached hydrogens (primary N) is 1. The molecule has 0 radical (unpaired) electrons. The van der Waals surface area contributed by atoms with Gasteiger partial charge in [-0.25, -0.2) is 0 Å². The lowest BCUT2D eigenvalue weighted by molar-refractivity contribution is -0.139. The largest absolute Gasteiger partial charge is 0.480 e. The molecular formula is C10H19NO3. The second-order valence-corrected chi connectivity index (χ2v) is 4.06. The van der Waals surface area contributed by atoms with Crippen molar-refractivity contribution >= 4 is 5.97 Å². The standard InChI is InChI=1S/C10H19NO3/c1-14-8-4-2-7(3-5-8)6-9(11)10(12)13/h7-9H,2-6,11H2,1H3,(H,12,13). The van der Waals surface area contributed by atoms with Crippen LogP contribution in [0.2, 0.25) is 0 Å². The van der Waals surface area contributed by atoms with Gasteiger partial charge in [0.05, 0.1) is 6.10 Å². The summed E-state index contributed by atoms with van der Waals surface area (Å²) in [5.74, 6) is -0.425. The molecule has 1 aliphatic carbocycles. The van der Waals surface area contributed by atoms with Gasteiger partial charge >= 0.3 is 5.97 Å². The average Bonchev–Trinajstić information content (AvgIpc) is 2.19. The Morgan fingerprint density at radius 3 is 2.50 bits per heavy atom. The molecule has 1 fully saturated rings. The van der Waals surface area contributed by atoms with Crippen LogP contribution in [0.25, 0.3) is 0 Å². The van der Waals surface area contributed by atoms with E-state index < -0.39 is 12.0 Å². The average molecular weight is 201 g/mol. The Hall–Kier alpha value is -0.610. The molecule has 0 amide bonds. The highest BCUT2D eigenvalue weighted by Gasteiger charge is 2.24. The minimum absolute atomic E-state index is 0.368. The third-order valence-electron chi connectivity index (χ3n) is 3.03. The third kappa shape index (κ3) is 3.27. The van der Waals surface area contributed by atoms with Crippen LogP contribution in [0.4, 0.5) is 0 Å². The first kappa shape index (κ1) is 11.5. The molecule has 0 spiro atoms. The topological polar surface area (TPSA) is 72.5 Å². The van der Waals surface area contributed by atoms with E-state index in [1.807, 2.05) is 0 Å². The van der Waals surface area contributed by atoms with Gasteiger partial charge in [-0.3, -0.25) is 4.79 Å². The van der Waals surface area contributed by atoms with Gasteiger partial charge in [-0.1, -0.05) is 0 Å². The van der Waals surface area contributed by atoms with Gasteiger partial charge in [-0.15, -0.1) is 0 Å². The fourth-order valence-corrected chi connectivity index (χ4v) is 2.06. The highest BCUT2D eigenvalue weighted by Crippen LogP contribution is 2.28. The maximum atomic E-state index is 10.5. The van der Waals surface area contributed by atoms with Gasteiger partial charge < -0.3 is 15.6 Å². The molecule has 82 valence electrons. The van der Waals surface area contributed by atoms with E-state index in [9.17, 15) is 4.79 Å². The Kier molecular flexibility index (Phi) is 4.35. The van der Waals surface area contributed by atoms with E-state index in [-0.39, 0.29) is 0 Å². The van der Waals surface area contributed by atoms with Crippen molar-refractivity contribution in [3.05, 3.63) is 0 Å². The number of carboxylic acid groups (broad SMARTS) is 1. The Morgan fingerprint density at radius 1 is 1.50 bits per heavy atom. The van der Waals surface area contributed by atoms with Crippen LogP contribution < -0.4 is 5.73 Å². The molecular weight excluding hydrogens is 182 g/mol. The van der Waals surface area contributed by atoms with Crippen molar-refractivity contribution in [2.75, 3.05) is 7.11 Å². The van der Waals surface area contributed by atoms with E-state index in [1.54, 1.807) is 7.11 Å².